The predicted octanol–water partition coefficient (Wildman–Crippen LogP) is 1.57. The van der Waals surface area contributed by atoms with Crippen molar-refractivity contribution in [2.45, 2.75) is 45.0 Å². The van der Waals surface area contributed by atoms with E-state index in [2.05, 4.69) is 38.8 Å². The van der Waals surface area contributed by atoms with Gasteiger partial charge in [-0.1, -0.05) is 32.1 Å². The molecule has 1 fully saturated rings. The number of carbonyl (C=O) groups excluding carboxylic acids is 3. The second-order valence-electron chi connectivity index (χ2n) is 9.57. The van der Waals surface area contributed by atoms with Gasteiger partial charge in [0.25, 0.3) is 11.6 Å². The van der Waals surface area contributed by atoms with Gasteiger partial charge in [0.05, 0.1) is 5.92 Å². The molecule has 32 heavy (non-hydrogen) atoms. The molecule has 2 aliphatic heterocycles. The summed E-state index contributed by atoms with van der Waals surface area (Å²) in [5, 5.41) is 6.58. The molecule has 3 aliphatic rings. The monoisotopic (exact) mass is 436 g/mol. The molecule has 0 spiro atoms. The number of H-pyrrole nitrogens is 1. The summed E-state index contributed by atoms with van der Waals surface area (Å²) in [5.41, 5.74) is 2.89. The van der Waals surface area contributed by atoms with Crippen molar-refractivity contribution in [3.63, 3.8) is 0 Å². The van der Waals surface area contributed by atoms with E-state index in [0.717, 1.165) is 23.1 Å². The smallest absolute Gasteiger partial charge is 0.331 e. The molecule has 8 nitrogen and oxygen atoms in total. The van der Waals surface area contributed by atoms with Crippen molar-refractivity contribution >= 4 is 34.3 Å². The summed E-state index contributed by atoms with van der Waals surface area (Å²) in [5.74, 6) is -1.98. The van der Waals surface area contributed by atoms with Crippen LogP contribution >= 0.6 is 0 Å². The summed E-state index contributed by atoms with van der Waals surface area (Å²) in [4.78, 5) is 43.8. The zero-order chi connectivity index (χ0) is 22.8. The van der Waals surface area contributed by atoms with Gasteiger partial charge < -0.3 is 20.4 Å². The number of esters is 1. The number of cyclic esters (lactones) is 1. The molecule has 0 radical (unpaired) electrons. The van der Waals surface area contributed by atoms with Gasteiger partial charge in [0.15, 0.2) is 0 Å². The number of carbonyl (C=O) groups is 3. The van der Waals surface area contributed by atoms with Crippen molar-refractivity contribution in [3.05, 3.63) is 41.6 Å². The Hall–Kier alpha value is -3.13. The van der Waals surface area contributed by atoms with Crippen LogP contribution in [0, 0.1) is 11.8 Å². The second-order valence-corrected chi connectivity index (χ2v) is 9.57. The molecule has 2 aromatic rings. The molecule has 1 saturated heterocycles. The lowest BCUT2D eigenvalue weighted by Gasteiger charge is -2.41. The largest absolute Gasteiger partial charge is 0.428 e. The van der Waals surface area contributed by atoms with Gasteiger partial charge in [-0.15, -0.1) is 0 Å². The quantitative estimate of drug-likeness (QED) is 0.634. The molecular weight excluding hydrogens is 408 g/mol. The number of amides is 2. The standard InChI is InChI=1S/C24H28N4O4/c1-12(2)20-22(30)32-24(3,23(31)26-20)27-21(29)14-8-16-15-6-5-7-17-19(15)13(10-25-17)9-18(16)28(4)11-14/h5-8,10,12,14,18,20,25H,9,11H2,1-4H3,(H,26,31)(H,27,29)/t14-,18+,20-,24+/m0/s1. The number of ether oxygens (including phenoxy) is 1. The molecule has 0 unspecified atom stereocenters. The van der Waals surface area contributed by atoms with E-state index in [1.807, 2.05) is 33.0 Å². The van der Waals surface area contributed by atoms with E-state index in [1.165, 1.54) is 17.9 Å². The van der Waals surface area contributed by atoms with Crippen molar-refractivity contribution in [3.8, 4) is 0 Å². The highest BCUT2D eigenvalue weighted by Gasteiger charge is 2.48. The number of morpholine rings is 1. The lowest BCUT2D eigenvalue weighted by atomic mass is 9.79. The van der Waals surface area contributed by atoms with Gasteiger partial charge in [-0.05, 0) is 42.2 Å². The lowest BCUT2D eigenvalue weighted by molar-refractivity contribution is -0.184. The number of aromatic amines is 1. The maximum Gasteiger partial charge on any atom is 0.331 e. The third-order valence-electron chi connectivity index (χ3n) is 6.91. The first-order valence-electron chi connectivity index (χ1n) is 11.0. The van der Waals surface area contributed by atoms with Gasteiger partial charge >= 0.3 is 5.97 Å². The topological polar surface area (TPSA) is 104 Å². The van der Waals surface area contributed by atoms with Gasteiger partial charge in [-0.3, -0.25) is 14.5 Å². The van der Waals surface area contributed by atoms with Crippen molar-refractivity contribution in [2.75, 3.05) is 13.6 Å². The van der Waals surface area contributed by atoms with Crippen LogP contribution in [0.1, 0.15) is 31.9 Å². The fraction of sp³-hybridized carbons (Fsp3) is 0.458. The number of nitrogens with zero attached hydrogens (tertiary/aromatic N) is 1. The highest BCUT2D eigenvalue weighted by atomic mass is 16.6. The normalized spacial score (nSPS) is 29.9. The Bertz CT molecular complexity index is 1170. The van der Waals surface area contributed by atoms with Gasteiger partial charge in [-0.25, -0.2) is 4.79 Å². The average molecular weight is 437 g/mol. The number of hydrogen-bond acceptors (Lipinski definition) is 5. The number of benzene rings is 1. The van der Waals surface area contributed by atoms with Crippen LogP contribution in [0.25, 0.3) is 16.5 Å². The number of rotatable bonds is 3. The third-order valence-corrected chi connectivity index (χ3v) is 6.91. The fourth-order valence-corrected chi connectivity index (χ4v) is 5.11. The molecule has 8 heteroatoms. The minimum atomic E-state index is -1.73. The summed E-state index contributed by atoms with van der Waals surface area (Å²) in [6.45, 7) is 5.59. The van der Waals surface area contributed by atoms with Gasteiger partial charge in [0.2, 0.25) is 5.91 Å². The number of aromatic nitrogens is 1. The highest BCUT2D eigenvalue weighted by Crippen LogP contribution is 2.40. The SMILES string of the molecule is CC(C)[C@@H]1NC(=O)[C@](C)(NC(=O)[C@H]2C=C3c4cccc5[nH]cc(c45)C[C@H]3N(C)C2)OC1=O. The van der Waals surface area contributed by atoms with E-state index in [1.54, 1.807) is 0 Å². The molecule has 0 bridgehead atoms. The van der Waals surface area contributed by atoms with Gasteiger partial charge in [0.1, 0.15) is 6.04 Å². The molecule has 3 N–H and O–H groups in total. The van der Waals surface area contributed by atoms with Crippen LogP contribution in [0.15, 0.2) is 30.5 Å². The van der Waals surface area contributed by atoms with Crippen LogP contribution in [-0.4, -0.2) is 59.1 Å². The van der Waals surface area contributed by atoms with E-state index >= 15 is 0 Å². The lowest BCUT2D eigenvalue weighted by Crippen LogP contribution is -2.68. The maximum atomic E-state index is 13.2. The van der Waals surface area contributed by atoms with Crippen LogP contribution in [0.4, 0.5) is 0 Å². The third kappa shape index (κ3) is 3.12. The minimum absolute atomic E-state index is 0.104. The predicted molar refractivity (Wildman–Crippen MR) is 119 cm³/mol. The molecule has 4 atom stereocenters. The number of fused-ring (bicyclic) bond motifs is 2. The van der Waals surface area contributed by atoms with Gasteiger partial charge in [-0.2, -0.15) is 0 Å². The highest BCUT2D eigenvalue weighted by molar-refractivity contribution is 6.01. The summed E-state index contributed by atoms with van der Waals surface area (Å²) in [7, 11) is 2.01. The summed E-state index contributed by atoms with van der Waals surface area (Å²) in [6, 6.07) is 5.64. The first-order chi connectivity index (χ1) is 15.2. The minimum Gasteiger partial charge on any atom is -0.428 e. The van der Waals surface area contributed by atoms with E-state index in [9.17, 15) is 14.4 Å². The average Bonchev–Trinajstić information content (AvgIpc) is 3.15. The first kappa shape index (κ1) is 20.8. The molecule has 1 aromatic heterocycles. The Morgan fingerprint density at radius 1 is 1.31 bits per heavy atom. The van der Waals surface area contributed by atoms with E-state index in [4.69, 9.17) is 4.74 Å². The van der Waals surface area contributed by atoms with Crippen LogP contribution in [0.2, 0.25) is 0 Å². The van der Waals surface area contributed by atoms with Gasteiger partial charge in [0, 0.05) is 36.6 Å². The van der Waals surface area contributed by atoms with Crippen molar-refractivity contribution in [1.82, 2.24) is 20.5 Å². The first-order valence-corrected chi connectivity index (χ1v) is 11.0. The molecule has 1 aliphatic carbocycles. The number of likely N-dealkylation sites (N-methyl/N-ethyl adjacent to an activating group) is 1. The second kappa shape index (κ2) is 7.20. The van der Waals surface area contributed by atoms with Crippen molar-refractivity contribution in [2.24, 2.45) is 11.8 Å². The fourth-order valence-electron chi connectivity index (χ4n) is 5.11. The zero-order valence-electron chi connectivity index (χ0n) is 18.7. The van der Waals surface area contributed by atoms with E-state index < -0.39 is 29.6 Å². The maximum absolute atomic E-state index is 13.2. The summed E-state index contributed by atoms with van der Waals surface area (Å²) < 4.78 is 5.42. The van der Waals surface area contributed by atoms with Crippen LogP contribution in [0.5, 0.6) is 0 Å². The van der Waals surface area contributed by atoms with Crippen LogP contribution in [-0.2, 0) is 25.5 Å². The zero-order valence-corrected chi connectivity index (χ0v) is 18.7. The Morgan fingerprint density at radius 2 is 2.09 bits per heavy atom. The Kier molecular flexibility index (Phi) is 4.67. The van der Waals surface area contributed by atoms with E-state index in [-0.39, 0.29) is 17.9 Å². The molecule has 5 rings (SSSR count). The molecule has 0 saturated carbocycles. The molecule has 3 heterocycles. The molecule has 168 valence electrons. The molecule has 1 aromatic carbocycles. The van der Waals surface area contributed by atoms with Crippen LogP contribution in [0.3, 0.4) is 0 Å². The summed E-state index contributed by atoms with van der Waals surface area (Å²) in [6.07, 6.45) is 4.95. The summed E-state index contributed by atoms with van der Waals surface area (Å²) >= 11 is 0. The Balaban J connectivity index is 1.42. The Labute approximate surface area is 186 Å². The number of nitrogens with one attached hydrogen (secondary N) is 3. The van der Waals surface area contributed by atoms with Crippen LogP contribution < -0.4 is 10.6 Å². The van der Waals surface area contributed by atoms with Crippen molar-refractivity contribution < 1.29 is 19.1 Å². The van der Waals surface area contributed by atoms with Crippen molar-refractivity contribution in [1.29, 1.82) is 0 Å². The molecule has 2 amide bonds. The Morgan fingerprint density at radius 3 is 2.84 bits per heavy atom. The van der Waals surface area contributed by atoms with E-state index in [0.29, 0.717) is 6.54 Å². The number of hydrogen-bond donors (Lipinski definition) is 3. The molecular formula is C24H28N4O4.